The molecule has 0 bridgehead atoms. The molecule has 1 aliphatic rings. The Bertz CT molecular complexity index is 865. The van der Waals surface area contributed by atoms with Crippen molar-refractivity contribution in [2.45, 2.75) is 57.8 Å². The molecule has 0 aliphatic carbocycles. The molecule has 0 radical (unpaired) electrons. The summed E-state index contributed by atoms with van der Waals surface area (Å²) in [4.78, 5) is 0. The molecule has 2 aromatic carbocycles. The van der Waals surface area contributed by atoms with E-state index in [-0.39, 0.29) is 22.2 Å². The SMILES string of the molecule is CC(O)(c1cccc(C(F)F)c1)c1ccc(B2OC(C)(C)C(C)(C)O2)c(F)c1. The van der Waals surface area contributed by atoms with Crippen LogP contribution in [0.3, 0.4) is 0 Å². The fourth-order valence-corrected chi connectivity index (χ4v) is 3.13. The van der Waals surface area contributed by atoms with Gasteiger partial charge in [-0.05, 0) is 57.9 Å². The van der Waals surface area contributed by atoms with Crippen molar-refractivity contribution in [3.8, 4) is 0 Å². The number of benzene rings is 2. The third-order valence-corrected chi connectivity index (χ3v) is 5.77. The molecule has 1 unspecified atom stereocenters. The Morgan fingerprint density at radius 2 is 1.54 bits per heavy atom. The summed E-state index contributed by atoms with van der Waals surface area (Å²) >= 11 is 0. The summed E-state index contributed by atoms with van der Waals surface area (Å²) in [6.45, 7) is 8.95. The number of hydrogen-bond acceptors (Lipinski definition) is 3. The lowest BCUT2D eigenvalue weighted by molar-refractivity contribution is 0.00578. The van der Waals surface area contributed by atoms with E-state index in [4.69, 9.17) is 9.31 Å². The summed E-state index contributed by atoms with van der Waals surface area (Å²) in [7, 11) is -0.869. The van der Waals surface area contributed by atoms with Crippen LogP contribution in [-0.4, -0.2) is 23.4 Å². The van der Waals surface area contributed by atoms with E-state index in [1.807, 2.05) is 27.7 Å². The van der Waals surface area contributed by atoms with Crippen molar-refractivity contribution in [2.75, 3.05) is 0 Å². The first-order valence-corrected chi connectivity index (χ1v) is 9.12. The Kier molecular flexibility index (Phi) is 5.15. The minimum absolute atomic E-state index is 0.202. The highest BCUT2D eigenvalue weighted by Gasteiger charge is 2.52. The maximum absolute atomic E-state index is 14.9. The van der Waals surface area contributed by atoms with Crippen LogP contribution in [0.2, 0.25) is 0 Å². The first-order chi connectivity index (χ1) is 12.8. The zero-order valence-electron chi connectivity index (χ0n) is 16.6. The van der Waals surface area contributed by atoms with Crippen LogP contribution in [0, 0.1) is 5.82 Å². The maximum atomic E-state index is 14.9. The third-order valence-electron chi connectivity index (χ3n) is 5.77. The Balaban J connectivity index is 1.93. The normalized spacial score (nSPS) is 20.4. The predicted molar refractivity (Wildman–Crippen MR) is 102 cm³/mol. The van der Waals surface area contributed by atoms with Crippen LogP contribution in [0.15, 0.2) is 42.5 Å². The molecule has 1 N–H and O–H groups in total. The van der Waals surface area contributed by atoms with Crippen molar-refractivity contribution in [3.05, 3.63) is 65.0 Å². The largest absolute Gasteiger partial charge is 0.497 e. The zero-order chi connectivity index (χ0) is 20.9. The zero-order valence-corrected chi connectivity index (χ0v) is 16.6. The van der Waals surface area contributed by atoms with Crippen molar-refractivity contribution in [1.82, 2.24) is 0 Å². The monoisotopic (exact) mass is 392 g/mol. The molecule has 1 heterocycles. The topological polar surface area (TPSA) is 38.7 Å². The molecule has 0 aromatic heterocycles. The fourth-order valence-electron chi connectivity index (χ4n) is 3.13. The summed E-state index contributed by atoms with van der Waals surface area (Å²) in [5.41, 5.74) is -2.33. The molecule has 2 aromatic rings. The number of alkyl halides is 2. The smallest absolute Gasteiger partial charge is 0.399 e. The molecule has 7 heteroatoms. The summed E-state index contributed by atoms with van der Waals surface area (Å²) in [5, 5.41) is 10.9. The van der Waals surface area contributed by atoms with E-state index in [2.05, 4.69) is 0 Å². The van der Waals surface area contributed by atoms with E-state index in [1.54, 1.807) is 6.07 Å². The second-order valence-electron chi connectivity index (χ2n) is 8.32. The number of halogens is 3. The molecule has 0 saturated carbocycles. The molecule has 150 valence electrons. The van der Waals surface area contributed by atoms with Gasteiger partial charge in [0.1, 0.15) is 11.4 Å². The van der Waals surface area contributed by atoms with Crippen LogP contribution < -0.4 is 5.46 Å². The summed E-state index contributed by atoms with van der Waals surface area (Å²) in [5.74, 6) is -0.596. The average molecular weight is 392 g/mol. The van der Waals surface area contributed by atoms with Gasteiger partial charge in [0, 0.05) is 11.0 Å². The summed E-state index contributed by atoms with van der Waals surface area (Å²) < 4.78 is 52.6. The van der Waals surface area contributed by atoms with Crippen molar-refractivity contribution in [1.29, 1.82) is 0 Å². The van der Waals surface area contributed by atoms with Gasteiger partial charge in [-0.1, -0.05) is 30.3 Å². The van der Waals surface area contributed by atoms with E-state index >= 15 is 0 Å². The molecule has 0 amide bonds. The van der Waals surface area contributed by atoms with Gasteiger partial charge in [-0.15, -0.1) is 0 Å². The van der Waals surface area contributed by atoms with Gasteiger partial charge >= 0.3 is 7.12 Å². The summed E-state index contributed by atoms with van der Waals surface area (Å²) in [6.07, 6.45) is -2.65. The second-order valence-corrected chi connectivity index (χ2v) is 8.32. The van der Waals surface area contributed by atoms with Gasteiger partial charge < -0.3 is 14.4 Å². The molecule has 0 spiro atoms. The van der Waals surface area contributed by atoms with E-state index in [0.717, 1.165) is 0 Å². The van der Waals surface area contributed by atoms with Crippen molar-refractivity contribution in [2.24, 2.45) is 0 Å². The highest BCUT2D eigenvalue weighted by Crippen LogP contribution is 2.37. The fraction of sp³-hybridized carbons (Fsp3) is 0.429. The Hall–Kier alpha value is -1.83. The highest BCUT2D eigenvalue weighted by atomic mass is 19.3. The van der Waals surface area contributed by atoms with Crippen LogP contribution in [-0.2, 0) is 14.9 Å². The van der Waals surface area contributed by atoms with Gasteiger partial charge in [0.25, 0.3) is 6.43 Å². The van der Waals surface area contributed by atoms with Gasteiger partial charge in [0.05, 0.1) is 11.2 Å². The van der Waals surface area contributed by atoms with Crippen LogP contribution in [0.4, 0.5) is 13.2 Å². The first-order valence-electron chi connectivity index (χ1n) is 9.12. The van der Waals surface area contributed by atoms with E-state index in [9.17, 15) is 18.3 Å². The van der Waals surface area contributed by atoms with E-state index in [1.165, 1.54) is 43.3 Å². The Labute approximate surface area is 163 Å². The molecular formula is C21H24BF3O3. The highest BCUT2D eigenvalue weighted by molar-refractivity contribution is 6.62. The Morgan fingerprint density at radius 1 is 0.964 bits per heavy atom. The summed E-state index contributed by atoms with van der Waals surface area (Å²) in [6, 6.07) is 9.73. The molecule has 28 heavy (non-hydrogen) atoms. The maximum Gasteiger partial charge on any atom is 0.497 e. The molecule has 3 rings (SSSR count). The predicted octanol–water partition coefficient (Wildman–Crippen LogP) is 4.32. The lowest BCUT2D eigenvalue weighted by Gasteiger charge is -2.32. The third kappa shape index (κ3) is 3.59. The standard InChI is InChI=1S/C21H24BF3O3/c1-19(2)20(3,4)28-22(27-19)16-10-9-15(12-17(16)23)21(5,26)14-8-6-7-13(11-14)18(24)25/h6-12,18,26H,1-5H3. The lowest BCUT2D eigenvalue weighted by Crippen LogP contribution is -2.41. The molecular weight excluding hydrogens is 368 g/mol. The van der Waals surface area contributed by atoms with Gasteiger partial charge in [-0.3, -0.25) is 0 Å². The van der Waals surface area contributed by atoms with Gasteiger partial charge in [-0.25, -0.2) is 13.2 Å². The average Bonchev–Trinajstić information content (AvgIpc) is 2.82. The van der Waals surface area contributed by atoms with Gasteiger partial charge in [-0.2, -0.15) is 0 Å². The minimum Gasteiger partial charge on any atom is -0.399 e. The van der Waals surface area contributed by atoms with Crippen LogP contribution in [0.5, 0.6) is 0 Å². The lowest BCUT2D eigenvalue weighted by atomic mass is 9.76. The Morgan fingerprint density at radius 3 is 2.07 bits per heavy atom. The second kappa shape index (κ2) is 6.90. The van der Waals surface area contributed by atoms with E-state index in [0.29, 0.717) is 0 Å². The molecule has 1 fully saturated rings. The molecule has 1 aliphatic heterocycles. The van der Waals surface area contributed by atoms with Crippen molar-refractivity contribution in [3.63, 3.8) is 0 Å². The van der Waals surface area contributed by atoms with Crippen LogP contribution >= 0.6 is 0 Å². The van der Waals surface area contributed by atoms with Crippen molar-refractivity contribution < 1.29 is 27.6 Å². The number of aliphatic hydroxyl groups is 1. The molecule has 3 nitrogen and oxygen atoms in total. The van der Waals surface area contributed by atoms with E-state index < -0.39 is 36.2 Å². The van der Waals surface area contributed by atoms with Crippen molar-refractivity contribution >= 4 is 12.6 Å². The minimum atomic E-state index is -2.65. The number of rotatable bonds is 4. The van der Waals surface area contributed by atoms with Gasteiger partial charge in [0.15, 0.2) is 0 Å². The van der Waals surface area contributed by atoms with Gasteiger partial charge in [0.2, 0.25) is 0 Å². The van der Waals surface area contributed by atoms with Crippen LogP contribution in [0.25, 0.3) is 0 Å². The number of hydrogen-bond donors (Lipinski definition) is 1. The first kappa shape index (κ1) is 20.9. The molecule has 1 saturated heterocycles. The van der Waals surface area contributed by atoms with Crippen LogP contribution in [0.1, 0.15) is 57.7 Å². The quantitative estimate of drug-likeness (QED) is 0.788. The molecule has 1 atom stereocenters.